The van der Waals surface area contributed by atoms with Crippen LogP contribution in [0.4, 0.5) is 0 Å². The number of likely N-dealkylation sites (tertiary alicyclic amines) is 1. The zero-order chi connectivity index (χ0) is 17.3. The monoisotopic (exact) mass is 359 g/mol. The van der Waals surface area contributed by atoms with Gasteiger partial charge in [0.05, 0.1) is 5.54 Å². The molecule has 0 aliphatic carbocycles. The molecule has 3 heterocycles. The van der Waals surface area contributed by atoms with Crippen LogP contribution in [0, 0.1) is 0 Å². The van der Waals surface area contributed by atoms with Gasteiger partial charge in [0.25, 0.3) is 0 Å². The van der Waals surface area contributed by atoms with Gasteiger partial charge in [0.2, 0.25) is 15.9 Å². The number of rotatable bonds is 3. The van der Waals surface area contributed by atoms with E-state index in [1.807, 2.05) is 18.2 Å². The average Bonchev–Trinajstić information content (AvgIpc) is 2.97. The highest BCUT2D eigenvalue weighted by Gasteiger charge is 2.45. The van der Waals surface area contributed by atoms with Crippen molar-refractivity contribution in [1.29, 1.82) is 0 Å². The molecule has 1 aromatic carbocycles. The molecule has 2 aromatic rings. The van der Waals surface area contributed by atoms with E-state index in [0.717, 1.165) is 25.9 Å². The van der Waals surface area contributed by atoms with Gasteiger partial charge in [-0.15, -0.1) is 0 Å². The summed E-state index contributed by atoms with van der Waals surface area (Å²) in [5.74, 6) is 0.189. The summed E-state index contributed by atoms with van der Waals surface area (Å²) >= 11 is 0. The topological polar surface area (TPSA) is 71.5 Å². The molecule has 25 heavy (non-hydrogen) atoms. The van der Waals surface area contributed by atoms with Crippen LogP contribution in [0.25, 0.3) is 0 Å². The summed E-state index contributed by atoms with van der Waals surface area (Å²) in [7, 11) is -3.63. The van der Waals surface area contributed by atoms with Gasteiger partial charge in [0.15, 0.2) is 0 Å². The minimum atomic E-state index is -3.63. The fourth-order valence-corrected chi connectivity index (χ4v) is 5.05. The molecule has 1 saturated heterocycles. The first-order chi connectivity index (χ1) is 12.1. The van der Waals surface area contributed by atoms with E-state index in [0.29, 0.717) is 13.2 Å². The molecule has 1 unspecified atom stereocenters. The summed E-state index contributed by atoms with van der Waals surface area (Å²) in [5.41, 5.74) is 0.703. The van der Waals surface area contributed by atoms with Crippen LogP contribution in [0.5, 0.6) is 5.88 Å². The van der Waals surface area contributed by atoms with Crippen LogP contribution in [0.3, 0.4) is 0 Å². The van der Waals surface area contributed by atoms with Gasteiger partial charge in [-0.2, -0.15) is 0 Å². The lowest BCUT2D eigenvalue weighted by Gasteiger charge is -2.27. The van der Waals surface area contributed by atoms with Crippen molar-refractivity contribution in [3.8, 4) is 5.88 Å². The Labute approximate surface area is 147 Å². The maximum atomic E-state index is 12.7. The second-order valence-corrected chi connectivity index (χ2v) is 8.39. The SMILES string of the molecule is O=S1(=O)NC2(CCN(CCc3ccccc3)C2)COc2ncccc21. The number of ether oxygens (including phenoxy) is 1. The highest BCUT2D eigenvalue weighted by molar-refractivity contribution is 7.89. The number of fused-ring (bicyclic) bond motifs is 1. The predicted octanol–water partition coefficient (Wildman–Crippen LogP) is 1.44. The van der Waals surface area contributed by atoms with Crippen molar-refractivity contribution in [2.24, 2.45) is 0 Å². The van der Waals surface area contributed by atoms with Crippen LogP contribution < -0.4 is 9.46 Å². The summed E-state index contributed by atoms with van der Waals surface area (Å²) < 4.78 is 34.0. The summed E-state index contributed by atoms with van der Waals surface area (Å²) in [4.78, 5) is 6.48. The lowest BCUT2D eigenvalue weighted by molar-refractivity contribution is 0.196. The van der Waals surface area contributed by atoms with Gasteiger partial charge in [0, 0.05) is 25.8 Å². The minimum absolute atomic E-state index is 0.120. The highest BCUT2D eigenvalue weighted by Crippen LogP contribution is 2.31. The van der Waals surface area contributed by atoms with E-state index in [-0.39, 0.29) is 10.8 Å². The molecule has 1 fully saturated rings. The lowest BCUT2D eigenvalue weighted by Crippen LogP contribution is -2.53. The number of benzene rings is 1. The molecule has 1 spiro atoms. The molecule has 0 bridgehead atoms. The van der Waals surface area contributed by atoms with Gasteiger partial charge in [-0.25, -0.2) is 18.1 Å². The van der Waals surface area contributed by atoms with Crippen LogP contribution in [0.1, 0.15) is 12.0 Å². The Balaban J connectivity index is 1.47. The Kier molecular flexibility index (Phi) is 4.23. The Bertz CT molecular complexity index is 857. The van der Waals surface area contributed by atoms with Crippen LogP contribution in [-0.2, 0) is 16.4 Å². The Morgan fingerprint density at radius 1 is 1.20 bits per heavy atom. The number of hydrogen-bond donors (Lipinski definition) is 1. The molecule has 4 rings (SSSR count). The fraction of sp³-hybridized carbons (Fsp3) is 0.389. The largest absolute Gasteiger partial charge is 0.475 e. The van der Waals surface area contributed by atoms with Crippen LogP contribution >= 0.6 is 0 Å². The maximum absolute atomic E-state index is 12.7. The Morgan fingerprint density at radius 2 is 2.04 bits per heavy atom. The van der Waals surface area contributed by atoms with E-state index in [9.17, 15) is 8.42 Å². The van der Waals surface area contributed by atoms with E-state index in [2.05, 4.69) is 26.7 Å². The molecule has 7 heteroatoms. The number of nitrogens with one attached hydrogen (secondary N) is 1. The summed E-state index contributed by atoms with van der Waals surface area (Å²) in [6, 6.07) is 13.5. The molecular weight excluding hydrogens is 338 g/mol. The van der Waals surface area contributed by atoms with Crippen molar-refractivity contribution in [2.75, 3.05) is 26.2 Å². The normalized spacial score (nSPS) is 25.3. The van der Waals surface area contributed by atoms with Crippen molar-refractivity contribution in [3.63, 3.8) is 0 Å². The summed E-state index contributed by atoms with van der Waals surface area (Å²) in [5, 5.41) is 0. The highest BCUT2D eigenvalue weighted by atomic mass is 32.2. The first kappa shape index (κ1) is 16.5. The van der Waals surface area contributed by atoms with E-state index in [4.69, 9.17) is 4.74 Å². The van der Waals surface area contributed by atoms with E-state index < -0.39 is 15.6 Å². The van der Waals surface area contributed by atoms with Gasteiger partial charge < -0.3 is 9.64 Å². The maximum Gasteiger partial charge on any atom is 0.246 e. The molecule has 1 atom stereocenters. The molecular formula is C18H21N3O3S. The van der Waals surface area contributed by atoms with Crippen molar-refractivity contribution in [2.45, 2.75) is 23.3 Å². The Morgan fingerprint density at radius 3 is 2.88 bits per heavy atom. The molecule has 0 saturated carbocycles. The third-order valence-corrected chi connectivity index (χ3v) is 6.45. The van der Waals surface area contributed by atoms with Gasteiger partial charge >= 0.3 is 0 Å². The second-order valence-electron chi connectivity index (χ2n) is 6.74. The fourth-order valence-electron chi connectivity index (χ4n) is 3.55. The van der Waals surface area contributed by atoms with E-state index >= 15 is 0 Å². The first-order valence-corrected chi connectivity index (χ1v) is 9.93. The van der Waals surface area contributed by atoms with E-state index in [1.165, 1.54) is 11.6 Å². The molecule has 6 nitrogen and oxygen atoms in total. The molecule has 2 aliphatic rings. The number of pyridine rings is 1. The lowest BCUT2D eigenvalue weighted by atomic mass is 10.0. The molecule has 0 radical (unpaired) electrons. The molecule has 1 aromatic heterocycles. The van der Waals surface area contributed by atoms with E-state index in [1.54, 1.807) is 12.3 Å². The van der Waals surface area contributed by atoms with Crippen molar-refractivity contribution >= 4 is 10.0 Å². The number of nitrogens with zero attached hydrogens (tertiary/aromatic N) is 2. The van der Waals surface area contributed by atoms with Crippen LogP contribution in [0.2, 0.25) is 0 Å². The number of sulfonamides is 1. The van der Waals surface area contributed by atoms with Crippen molar-refractivity contribution in [1.82, 2.24) is 14.6 Å². The van der Waals surface area contributed by atoms with Gasteiger partial charge in [-0.3, -0.25) is 0 Å². The third kappa shape index (κ3) is 3.40. The number of aromatic nitrogens is 1. The third-order valence-electron chi connectivity index (χ3n) is 4.85. The molecule has 2 aliphatic heterocycles. The van der Waals surface area contributed by atoms with Crippen LogP contribution in [-0.4, -0.2) is 50.1 Å². The van der Waals surface area contributed by atoms with Gasteiger partial charge in [-0.1, -0.05) is 30.3 Å². The number of hydrogen-bond acceptors (Lipinski definition) is 5. The standard InChI is InChI=1S/C18H21N3O3S/c22-25(23)16-7-4-10-19-17(16)24-14-18(20-25)9-12-21(13-18)11-8-15-5-2-1-3-6-15/h1-7,10,20H,8-9,11-14H2. The molecule has 1 N–H and O–H groups in total. The summed E-state index contributed by atoms with van der Waals surface area (Å²) in [6.45, 7) is 2.70. The quantitative estimate of drug-likeness (QED) is 0.898. The van der Waals surface area contributed by atoms with Crippen molar-refractivity contribution < 1.29 is 13.2 Å². The first-order valence-electron chi connectivity index (χ1n) is 8.45. The average molecular weight is 359 g/mol. The van der Waals surface area contributed by atoms with Crippen molar-refractivity contribution in [3.05, 3.63) is 54.2 Å². The smallest absolute Gasteiger partial charge is 0.246 e. The predicted molar refractivity (Wildman–Crippen MR) is 94.0 cm³/mol. The minimum Gasteiger partial charge on any atom is -0.475 e. The Hall–Kier alpha value is -1.96. The zero-order valence-electron chi connectivity index (χ0n) is 13.9. The second kappa shape index (κ2) is 6.40. The summed E-state index contributed by atoms with van der Waals surface area (Å²) in [6.07, 6.45) is 3.23. The molecule has 132 valence electrons. The molecule has 0 amide bonds. The zero-order valence-corrected chi connectivity index (χ0v) is 14.7. The van der Waals surface area contributed by atoms with Crippen LogP contribution in [0.15, 0.2) is 53.6 Å². The van der Waals surface area contributed by atoms with Gasteiger partial charge in [-0.05, 0) is 30.5 Å². The van der Waals surface area contributed by atoms with Gasteiger partial charge in [0.1, 0.15) is 11.5 Å².